The number of amides is 2. The molecule has 0 saturated carbocycles. The van der Waals surface area contributed by atoms with Crippen molar-refractivity contribution < 1.29 is 9.90 Å². The summed E-state index contributed by atoms with van der Waals surface area (Å²) in [5.74, 6) is 1.06. The maximum absolute atomic E-state index is 12.3. The molecule has 7 nitrogen and oxygen atoms in total. The van der Waals surface area contributed by atoms with Crippen molar-refractivity contribution in [2.24, 2.45) is 11.8 Å². The van der Waals surface area contributed by atoms with Crippen LogP contribution in [0.3, 0.4) is 0 Å². The van der Waals surface area contributed by atoms with E-state index in [1.54, 1.807) is 0 Å². The average Bonchev–Trinajstić information content (AvgIpc) is 3.19. The minimum Gasteiger partial charge on any atom is -0.396 e. The third-order valence-corrected chi connectivity index (χ3v) is 5.72. The highest BCUT2D eigenvalue weighted by atomic mass is 16.3. The van der Waals surface area contributed by atoms with E-state index in [9.17, 15) is 9.90 Å². The van der Waals surface area contributed by atoms with Gasteiger partial charge in [0.2, 0.25) is 0 Å². The molecule has 0 unspecified atom stereocenters. The monoisotopic (exact) mass is 363 g/mol. The largest absolute Gasteiger partial charge is 0.396 e. The molecule has 0 bridgehead atoms. The van der Waals surface area contributed by atoms with E-state index < -0.39 is 0 Å². The smallest absolute Gasteiger partial charge is 0.317 e. The zero-order valence-electron chi connectivity index (χ0n) is 15.7. The van der Waals surface area contributed by atoms with E-state index in [1.807, 2.05) is 23.6 Å². The highest BCUT2D eigenvalue weighted by Gasteiger charge is 2.23. The first-order valence-corrected chi connectivity index (χ1v) is 10.1. The van der Waals surface area contributed by atoms with E-state index in [-0.39, 0.29) is 6.03 Å². The van der Waals surface area contributed by atoms with Crippen molar-refractivity contribution in [1.29, 1.82) is 0 Å². The van der Waals surface area contributed by atoms with Gasteiger partial charge in [0.1, 0.15) is 0 Å². The number of nitrogens with zero attached hydrogens (tertiary/aromatic N) is 4. The molecule has 2 aliphatic heterocycles. The molecule has 2 amide bonds. The van der Waals surface area contributed by atoms with Gasteiger partial charge in [-0.3, -0.25) is 0 Å². The number of aliphatic hydroxyl groups excluding tert-OH is 1. The molecule has 1 aromatic heterocycles. The molecule has 1 aromatic rings. The summed E-state index contributed by atoms with van der Waals surface area (Å²) in [6.45, 7) is 6.83. The van der Waals surface area contributed by atoms with Gasteiger partial charge in [-0.05, 0) is 57.0 Å². The number of likely N-dealkylation sites (tertiary alicyclic amines) is 2. The fraction of sp³-hybridized carbons (Fsp3) is 0.789. The zero-order chi connectivity index (χ0) is 18.2. The van der Waals surface area contributed by atoms with Crippen molar-refractivity contribution in [1.82, 2.24) is 24.7 Å². The molecule has 146 valence electrons. The lowest BCUT2D eigenvalue weighted by Crippen LogP contribution is -2.45. The van der Waals surface area contributed by atoms with Crippen molar-refractivity contribution in [3.63, 3.8) is 0 Å². The molecule has 2 fully saturated rings. The summed E-state index contributed by atoms with van der Waals surface area (Å²) >= 11 is 0. The number of hydrogen-bond acceptors (Lipinski definition) is 4. The van der Waals surface area contributed by atoms with Crippen LogP contribution in [0, 0.1) is 11.8 Å². The van der Waals surface area contributed by atoms with Gasteiger partial charge in [-0.1, -0.05) is 0 Å². The van der Waals surface area contributed by atoms with Crippen LogP contribution in [0.5, 0.6) is 0 Å². The number of imidazole rings is 1. The molecule has 2 aliphatic rings. The number of carbonyl (C=O) groups is 1. The SMILES string of the molecule is O=C(NCCCN1CCC[C@H](CO)C1)N1CCC(Cn2ccnc2)CC1. The molecule has 2 saturated heterocycles. The standard InChI is InChI=1S/C19H33N5O2/c25-15-18-3-1-8-22(14-18)9-2-6-21-19(26)24-10-4-17(5-11-24)13-23-12-7-20-16-23/h7,12,16-18,25H,1-6,8-11,13-15H2,(H,21,26)/t18-/m0/s1. The second-order valence-corrected chi connectivity index (χ2v) is 7.77. The first-order chi connectivity index (χ1) is 12.7. The van der Waals surface area contributed by atoms with Crippen LogP contribution >= 0.6 is 0 Å². The van der Waals surface area contributed by atoms with Crippen molar-refractivity contribution >= 4 is 6.03 Å². The lowest BCUT2D eigenvalue weighted by Gasteiger charge is -2.33. The first kappa shape index (κ1) is 19.2. The van der Waals surface area contributed by atoms with E-state index in [2.05, 4.69) is 19.8 Å². The van der Waals surface area contributed by atoms with Gasteiger partial charge in [0.05, 0.1) is 6.33 Å². The van der Waals surface area contributed by atoms with E-state index in [1.165, 1.54) is 6.42 Å². The summed E-state index contributed by atoms with van der Waals surface area (Å²) in [5, 5.41) is 12.4. The molecule has 0 aromatic carbocycles. The number of rotatable bonds is 7. The Morgan fingerprint density at radius 1 is 1.19 bits per heavy atom. The second-order valence-electron chi connectivity index (χ2n) is 7.77. The summed E-state index contributed by atoms with van der Waals surface area (Å²) in [6.07, 6.45) is 11.1. The molecule has 0 radical (unpaired) electrons. The van der Waals surface area contributed by atoms with Crippen LogP contribution in [-0.2, 0) is 6.54 Å². The van der Waals surface area contributed by atoms with E-state index in [0.717, 1.165) is 71.5 Å². The van der Waals surface area contributed by atoms with Gasteiger partial charge in [0, 0.05) is 51.7 Å². The Morgan fingerprint density at radius 3 is 2.77 bits per heavy atom. The van der Waals surface area contributed by atoms with Crippen LogP contribution in [0.15, 0.2) is 18.7 Å². The van der Waals surface area contributed by atoms with Crippen LogP contribution in [0.1, 0.15) is 32.1 Å². The Morgan fingerprint density at radius 2 is 2.04 bits per heavy atom. The van der Waals surface area contributed by atoms with Crippen LogP contribution in [-0.4, -0.2) is 76.4 Å². The molecular weight excluding hydrogens is 330 g/mol. The molecule has 3 heterocycles. The molecule has 2 N–H and O–H groups in total. The predicted molar refractivity (Wildman–Crippen MR) is 101 cm³/mol. The van der Waals surface area contributed by atoms with Gasteiger partial charge in [0.15, 0.2) is 0 Å². The summed E-state index contributed by atoms with van der Waals surface area (Å²) < 4.78 is 2.13. The summed E-state index contributed by atoms with van der Waals surface area (Å²) in [6, 6.07) is 0.0814. The quantitative estimate of drug-likeness (QED) is 0.718. The second kappa shape index (κ2) is 9.92. The van der Waals surface area contributed by atoms with Gasteiger partial charge < -0.3 is 24.8 Å². The van der Waals surface area contributed by atoms with Crippen molar-refractivity contribution in [2.75, 3.05) is 45.9 Å². The minimum absolute atomic E-state index is 0.0814. The maximum atomic E-state index is 12.3. The summed E-state index contributed by atoms with van der Waals surface area (Å²) in [4.78, 5) is 20.8. The number of nitrogens with one attached hydrogen (secondary N) is 1. The highest BCUT2D eigenvalue weighted by molar-refractivity contribution is 5.74. The van der Waals surface area contributed by atoms with Crippen LogP contribution in [0.4, 0.5) is 4.79 Å². The lowest BCUT2D eigenvalue weighted by molar-refractivity contribution is 0.119. The van der Waals surface area contributed by atoms with Gasteiger partial charge >= 0.3 is 6.03 Å². The highest BCUT2D eigenvalue weighted by Crippen LogP contribution is 2.19. The van der Waals surface area contributed by atoms with Crippen LogP contribution in [0.25, 0.3) is 0 Å². The third kappa shape index (κ3) is 5.71. The molecule has 0 spiro atoms. The Hall–Kier alpha value is -1.60. The minimum atomic E-state index is 0.0814. The molecule has 26 heavy (non-hydrogen) atoms. The van der Waals surface area contributed by atoms with Crippen molar-refractivity contribution in [3.05, 3.63) is 18.7 Å². The number of urea groups is 1. The van der Waals surface area contributed by atoms with Crippen molar-refractivity contribution in [2.45, 2.75) is 38.6 Å². The van der Waals surface area contributed by atoms with E-state index in [4.69, 9.17) is 0 Å². The average molecular weight is 364 g/mol. The number of hydrogen-bond donors (Lipinski definition) is 2. The molecular formula is C19H33N5O2. The predicted octanol–water partition coefficient (Wildman–Crippen LogP) is 1.40. The zero-order valence-corrected chi connectivity index (χ0v) is 15.7. The number of aromatic nitrogens is 2. The molecule has 3 rings (SSSR count). The van der Waals surface area contributed by atoms with Gasteiger partial charge in [-0.2, -0.15) is 0 Å². The fourth-order valence-electron chi connectivity index (χ4n) is 4.12. The molecule has 0 aliphatic carbocycles. The van der Waals surface area contributed by atoms with E-state index >= 15 is 0 Å². The molecule has 1 atom stereocenters. The summed E-state index contributed by atoms with van der Waals surface area (Å²) in [5.41, 5.74) is 0. The fourth-order valence-corrected chi connectivity index (χ4v) is 4.12. The number of piperidine rings is 2. The Bertz CT molecular complexity index is 528. The van der Waals surface area contributed by atoms with Crippen LogP contribution in [0.2, 0.25) is 0 Å². The maximum Gasteiger partial charge on any atom is 0.317 e. The van der Waals surface area contributed by atoms with Gasteiger partial charge in [-0.25, -0.2) is 9.78 Å². The lowest BCUT2D eigenvalue weighted by atomic mass is 9.97. The Balaban J connectivity index is 1.27. The Kier molecular flexibility index (Phi) is 7.32. The topological polar surface area (TPSA) is 73.6 Å². The first-order valence-electron chi connectivity index (χ1n) is 10.1. The van der Waals surface area contributed by atoms with Crippen molar-refractivity contribution in [3.8, 4) is 0 Å². The number of carbonyl (C=O) groups excluding carboxylic acids is 1. The Labute approximate surface area is 156 Å². The summed E-state index contributed by atoms with van der Waals surface area (Å²) in [7, 11) is 0. The van der Waals surface area contributed by atoms with Gasteiger partial charge in [0.25, 0.3) is 0 Å². The number of aliphatic hydroxyl groups is 1. The van der Waals surface area contributed by atoms with E-state index in [0.29, 0.717) is 18.4 Å². The molecule has 7 heteroatoms. The van der Waals surface area contributed by atoms with Crippen LogP contribution < -0.4 is 5.32 Å². The van der Waals surface area contributed by atoms with Gasteiger partial charge in [-0.15, -0.1) is 0 Å². The third-order valence-electron chi connectivity index (χ3n) is 5.72. The normalized spacial score (nSPS) is 22.5.